The average Bonchev–Trinajstić information content (AvgIpc) is 3.49. The number of azo groups is 1. The van der Waals surface area contributed by atoms with E-state index < -0.39 is 0 Å². The van der Waals surface area contributed by atoms with Crippen LogP contribution in [0.2, 0.25) is 0 Å². The Hall–Kier alpha value is -4.66. The fraction of sp³-hybridized carbons (Fsp3) is 0.154. The third kappa shape index (κ3) is 4.19. The van der Waals surface area contributed by atoms with Crippen LogP contribution >= 0.6 is 0 Å². The monoisotopic (exact) mass is 465 g/mol. The fourth-order valence-corrected chi connectivity index (χ4v) is 3.84. The van der Waals surface area contributed by atoms with E-state index in [-0.39, 0.29) is 23.0 Å². The Bertz CT molecular complexity index is 1530. The SMILES string of the molecule is Cc1ccc(-n2nc(C)c(/N=N/c3cccc(-c4cccc(C5=NN=NC5)c4)c3O)c2O)cc1C. The van der Waals surface area contributed by atoms with Crippen molar-refractivity contribution in [1.82, 2.24) is 9.78 Å². The summed E-state index contributed by atoms with van der Waals surface area (Å²) in [6.07, 6.45) is 0. The smallest absolute Gasteiger partial charge is 0.243 e. The first kappa shape index (κ1) is 22.1. The molecule has 0 bridgehead atoms. The highest BCUT2D eigenvalue weighted by molar-refractivity contribution is 6.03. The van der Waals surface area contributed by atoms with Gasteiger partial charge in [0.25, 0.3) is 0 Å². The first-order chi connectivity index (χ1) is 16.9. The Morgan fingerprint density at radius 1 is 0.857 bits per heavy atom. The van der Waals surface area contributed by atoms with Crippen LogP contribution in [0.4, 0.5) is 11.4 Å². The molecule has 0 radical (unpaired) electrons. The van der Waals surface area contributed by atoms with Crippen LogP contribution in [0, 0.1) is 20.8 Å². The molecule has 0 unspecified atom stereocenters. The van der Waals surface area contributed by atoms with Crippen molar-refractivity contribution < 1.29 is 10.2 Å². The molecule has 1 aliphatic rings. The number of hydrogen-bond donors (Lipinski definition) is 2. The van der Waals surface area contributed by atoms with Gasteiger partial charge in [-0.15, -0.1) is 15.3 Å². The molecule has 0 aliphatic carbocycles. The number of aromatic nitrogens is 2. The van der Waals surface area contributed by atoms with Crippen LogP contribution in [-0.2, 0) is 0 Å². The predicted octanol–water partition coefficient (Wildman–Crippen LogP) is 6.46. The normalized spacial score (nSPS) is 13.1. The minimum Gasteiger partial charge on any atom is -0.505 e. The second-order valence-corrected chi connectivity index (χ2v) is 8.33. The van der Waals surface area contributed by atoms with Gasteiger partial charge in [-0.3, -0.25) is 0 Å². The van der Waals surface area contributed by atoms with Crippen LogP contribution in [0.25, 0.3) is 16.8 Å². The van der Waals surface area contributed by atoms with Crippen molar-refractivity contribution in [2.45, 2.75) is 20.8 Å². The van der Waals surface area contributed by atoms with E-state index in [9.17, 15) is 10.2 Å². The summed E-state index contributed by atoms with van der Waals surface area (Å²) in [7, 11) is 0. The molecule has 2 heterocycles. The standard InChI is InChI=1S/C26H23N7O2/c1-15-10-11-20(12-16(15)2)33-26(35)24(17(3)31-33)30-28-22-9-5-8-21(25(22)34)18-6-4-7-19(13-18)23-14-27-32-29-23/h4-13,34-35H,14H2,1-3H3/b30-28+. The number of phenols is 1. The average molecular weight is 466 g/mol. The van der Waals surface area contributed by atoms with Gasteiger partial charge >= 0.3 is 0 Å². The number of nitrogens with zero attached hydrogens (tertiary/aromatic N) is 7. The van der Waals surface area contributed by atoms with E-state index in [1.165, 1.54) is 4.68 Å². The molecule has 9 heteroatoms. The van der Waals surface area contributed by atoms with E-state index in [1.54, 1.807) is 25.1 Å². The van der Waals surface area contributed by atoms with Gasteiger partial charge in [0.1, 0.15) is 12.2 Å². The zero-order valence-electron chi connectivity index (χ0n) is 19.5. The van der Waals surface area contributed by atoms with Gasteiger partial charge in [-0.2, -0.15) is 14.9 Å². The maximum Gasteiger partial charge on any atom is 0.243 e. The number of rotatable bonds is 5. The first-order valence-electron chi connectivity index (χ1n) is 11.1. The molecule has 0 saturated heterocycles. The maximum absolute atomic E-state index is 11.0. The van der Waals surface area contributed by atoms with Crippen LogP contribution in [0.15, 0.2) is 86.3 Å². The maximum atomic E-state index is 11.0. The van der Waals surface area contributed by atoms with Gasteiger partial charge in [-0.1, -0.05) is 36.4 Å². The molecule has 0 atom stereocenters. The van der Waals surface area contributed by atoms with Crippen LogP contribution in [0.5, 0.6) is 11.6 Å². The number of para-hydroxylation sites is 1. The van der Waals surface area contributed by atoms with Gasteiger partial charge in [0.05, 0.1) is 17.1 Å². The van der Waals surface area contributed by atoms with Crippen molar-refractivity contribution >= 4 is 17.1 Å². The summed E-state index contributed by atoms with van der Waals surface area (Å²) in [5.41, 5.74) is 7.05. The number of aromatic hydroxyl groups is 2. The van der Waals surface area contributed by atoms with Gasteiger partial charge < -0.3 is 10.2 Å². The Morgan fingerprint density at radius 3 is 2.43 bits per heavy atom. The van der Waals surface area contributed by atoms with Gasteiger partial charge in [0.15, 0.2) is 11.4 Å². The van der Waals surface area contributed by atoms with E-state index in [0.717, 1.165) is 33.7 Å². The molecule has 0 spiro atoms. The molecular weight excluding hydrogens is 442 g/mol. The topological polar surface area (TPSA) is 120 Å². The molecule has 35 heavy (non-hydrogen) atoms. The van der Waals surface area contributed by atoms with Crippen molar-refractivity contribution in [1.29, 1.82) is 0 Å². The van der Waals surface area contributed by atoms with Gasteiger partial charge in [0, 0.05) is 11.1 Å². The van der Waals surface area contributed by atoms with Crippen molar-refractivity contribution in [3.63, 3.8) is 0 Å². The fourth-order valence-electron chi connectivity index (χ4n) is 3.84. The molecule has 3 aromatic carbocycles. The van der Waals surface area contributed by atoms with Crippen molar-refractivity contribution in [3.8, 4) is 28.4 Å². The zero-order valence-corrected chi connectivity index (χ0v) is 19.5. The molecule has 0 amide bonds. The van der Waals surface area contributed by atoms with E-state index in [4.69, 9.17) is 0 Å². The molecule has 2 N–H and O–H groups in total. The lowest BCUT2D eigenvalue weighted by Gasteiger charge is -2.08. The summed E-state index contributed by atoms with van der Waals surface area (Å²) >= 11 is 0. The Balaban J connectivity index is 1.47. The highest BCUT2D eigenvalue weighted by Crippen LogP contribution is 2.40. The van der Waals surface area contributed by atoms with Gasteiger partial charge in [-0.25, -0.2) is 0 Å². The van der Waals surface area contributed by atoms with Crippen molar-refractivity contribution in [3.05, 3.63) is 83.0 Å². The second kappa shape index (κ2) is 8.94. The minimum absolute atomic E-state index is 0.0187. The summed E-state index contributed by atoms with van der Waals surface area (Å²) < 4.78 is 1.43. The molecule has 4 aromatic rings. The lowest BCUT2D eigenvalue weighted by molar-refractivity contribution is 0.434. The first-order valence-corrected chi connectivity index (χ1v) is 11.1. The molecule has 1 aliphatic heterocycles. The van der Waals surface area contributed by atoms with Crippen LogP contribution in [0.1, 0.15) is 22.4 Å². The van der Waals surface area contributed by atoms with E-state index in [2.05, 4.69) is 30.8 Å². The number of benzene rings is 3. The van der Waals surface area contributed by atoms with E-state index in [1.807, 2.05) is 56.3 Å². The van der Waals surface area contributed by atoms with Crippen LogP contribution in [0.3, 0.4) is 0 Å². The zero-order chi connectivity index (χ0) is 24.5. The molecule has 9 nitrogen and oxygen atoms in total. The summed E-state index contributed by atoms with van der Waals surface area (Å²) in [6, 6.07) is 18.7. The summed E-state index contributed by atoms with van der Waals surface area (Å²) in [5.74, 6) is -0.138. The number of hydrogen-bond acceptors (Lipinski definition) is 8. The summed E-state index contributed by atoms with van der Waals surface area (Å²) in [4.78, 5) is 0. The highest BCUT2D eigenvalue weighted by atomic mass is 16.3. The summed E-state index contributed by atoms with van der Waals surface area (Å²) in [6.45, 7) is 6.21. The van der Waals surface area contributed by atoms with E-state index >= 15 is 0 Å². The molecule has 0 fully saturated rings. The molecule has 5 rings (SSSR count). The minimum atomic E-state index is -0.119. The highest BCUT2D eigenvalue weighted by Gasteiger charge is 2.17. The quantitative estimate of drug-likeness (QED) is 0.329. The summed E-state index contributed by atoms with van der Waals surface area (Å²) in [5, 5.41) is 46.2. The third-order valence-corrected chi connectivity index (χ3v) is 5.97. The molecular formula is C26H23N7O2. The second-order valence-electron chi connectivity index (χ2n) is 8.33. The van der Waals surface area contributed by atoms with Gasteiger partial charge in [0.2, 0.25) is 5.88 Å². The largest absolute Gasteiger partial charge is 0.505 e. The molecule has 0 saturated carbocycles. The van der Waals surface area contributed by atoms with Crippen LogP contribution in [-0.4, -0.2) is 32.2 Å². The Labute approximate surface area is 201 Å². The third-order valence-electron chi connectivity index (χ3n) is 5.97. The number of phenolic OH excluding ortho intramolecular Hbond substituents is 1. The predicted molar refractivity (Wildman–Crippen MR) is 133 cm³/mol. The van der Waals surface area contributed by atoms with Crippen LogP contribution < -0.4 is 0 Å². The number of aryl methyl sites for hydroxylation is 3. The molecule has 1 aromatic heterocycles. The van der Waals surface area contributed by atoms with Gasteiger partial charge in [-0.05, 0) is 67.0 Å². The Kier molecular flexibility index (Phi) is 5.66. The lowest BCUT2D eigenvalue weighted by atomic mass is 9.99. The van der Waals surface area contributed by atoms with Crippen molar-refractivity contribution in [2.75, 3.05) is 6.54 Å². The van der Waals surface area contributed by atoms with E-state index in [0.29, 0.717) is 17.8 Å². The van der Waals surface area contributed by atoms with Crippen molar-refractivity contribution in [2.24, 2.45) is 25.7 Å². The lowest BCUT2D eigenvalue weighted by Crippen LogP contribution is -2.01. The Morgan fingerprint density at radius 2 is 1.66 bits per heavy atom. The molecule has 174 valence electrons.